The van der Waals surface area contributed by atoms with Gasteiger partial charge in [0.05, 0.1) is 6.61 Å². The quantitative estimate of drug-likeness (QED) is 0.251. The van der Waals surface area contributed by atoms with Gasteiger partial charge in [0, 0.05) is 18.8 Å². The van der Waals surface area contributed by atoms with Crippen molar-refractivity contribution in [1.29, 1.82) is 0 Å². The molecule has 0 saturated heterocycles. The summed E-state index contributed by atoms with van der Waals surface area (Å²) in [5.41, 5.74) is 0.450. The van der Waals surface area contributed by atoms with Crippen LogP contribution in [0.15, 0.2) is 12.2 Å². The molecule has 0 aliphatic carbocycles. The topological polar surface area (TPSA) is 44.8 Å². The molecule has 0 rings (SSSR count). The molecular formula is C13H26O4Si. The number of carbonyl (C=O) groups excluding carboxylic acids is 1. The molecule has 1 unspecified atom stereocenters. The van der Waals surface area contributed by atoms with Crippen LogP contribution >= 0.6 is 0 Å². The third kappa shape index (κ3) is 10.5. The predicted molar refractivity (Wildman–Crippen MR) is 74.8 cm³/mol. The van der Waals surface area contributed by atoms with E-state index >= 15 is 0 Å². The van der Waals surface area contributed by atoms with Crippen molar-refractivity contribution in [3.63, 3.8) is 0 Å². The highest BCUT2D eigenvalue weighted by atomic mass is 28.3. The van der Waals surface area contributed by atoms with Gasteiger partial charge in [0.1, 0.15) is 0 Å². The molecule has 0 aromatic carbocycles. The zero-order valence-corrected chi connectivity index (χ0v) is 13.0. The average Bonchev–Trinajstić information content (AvgIpc) is 2.34. The van der Waals surface area contributed by atoms with E-state index in [1.54, 1.807) is 6.92 Å². The molecule has 0 saturated carbocycles. The van der Waals surface area contributed by atoms with Gasteiger partial charge in [-0.15, -0.1) is 0 Å². The van der Waals surface area contributed by atoms with E-state index in [1.165, 1.54) is 0 Å². The van der Waals surface area contributed by atoms with E-state index < -0.39 is 9.28 Å². The first-order valence-corrected chi connectivity index (χ1v) is 8.73. The average molecular weight is 274 g/mol. The van der Waals surface area contributed by atoms with E-state index in [4.69, 9.17) is 13.6 Å². The summed E-state index contributed by atoms with van der Waals surface area (Å²) in [4.78, 5) is 11.1. The molecular weight excluding hydrogens is 248 g/mol. The second kappa shape index (κ2) is 11.4. The molecule has 0 N–H and O–H groups in total. The molecule has 0 radical (unpaired) electrons. The monoisotopic (exact) mass is 274 g/mol. The molecule has 1 atom stereocenters. The summed E-state index contributed by atoms with van der Waals surface area (Å²) in [6.07, 6.45) is 3.89. The van der Waals surface area contributed by atoms with Crippen LogP contribution in [-0.2, 0) is 18.4 Å². The fourth-order valence-corrected chi connectivity index (χ4v) is 2.41. The van der Waals surface area contributed by atoms with Gasteiger partial charge in [-0.3, -0.25) is 0 Å². The van der Waals surface area contributed by atoms with E-state index in [0.717, 1.165) is 38.9 Å². The molecule has 0 bridgehead atoms. The second-order valence-electron chi connectivity index (χ2n) is 4.29. The van der Waals surface area contributed by atoms with Crippen LogP contribution in [0, 0.1) is 0 Å². The maximum absolute atomic E-state index is 11.1. The zero-order chi connectivity index (χ0) is 13.8. The highest BCUT2D eigenvalue weighted by molar-refractivity contribution is 6.42. The summed E-state index contributed by atoms with van der Waals surface area (Å²) < 4.78 is 16.1. The second-order valence-corrected chi connectivity index (χ2v) is 6.09. The number of unbranched alkanes of at least 4 members (excludes halogenated alkanes) is 2. The molecule has 5 heteroatoms. The van der Waals surface area contributed by atoms with Gasteiger partial charge in [-0.25, -0.2) is 4.79 Å². The third-order valence-corrected chi connectivity index (χ3v) is 3.69. The summed E-state index contributed by atoms with van der Waals surface area (Å²) in [5, 5.41) is 0. The Kier molecular flexibility index (Phi) is 11.0. The minimum Gasteiger partial charge on any atom is -0.462 e. The van der Waals surface area contributed by atoms with Crippen LogP contribution in [0.3, 0.4) is 0 Å². The van der Waals surface area contributed by atoms with Crippen molar-refractivity contribution in [1.82, 2.24) is 0 Å². The molecule has 18 heavy (non-hydrogen) atoms. The summed E-state index contributed by atoms with van der Waals surface area (Å²) in [6.45, 7) is 11.3. The number of hydrogen-bond donors (Lipinski definition) is 0. The lowest BCUT2D eigenvalue weighted by Crippen LogP contribution is -2.19. The lowest BCUT2D eigenvalue weighted by Gasteiger charge is -2.11. The van der Waals surface area contributed by atoms with Gasteiger partial charge >= 0.3 is 15.3 Å². The summed E-state index contributed by atoms with van der Waals surface area (Å²) in [5.74, 6) is -0.305. The molecule has 0 fully saturated rings. The Morgan fingerprint density at radius 1 is 1.11 bits per heavy atom. The van der Waals surface area contributed by atoms with Crippen molar-refractivity contribution in [3.8, 4) is 0 Å². The molecule has 4 nitrogen and oxygen atoms in total. The Morgan fingerprint density at radius 2 is 1.72 bits per heavy atom. The van der Waals surface area contributed by atoms with Crippen LogP contribution in [-0.4, -0.2) is 35.1 Å². The van der Waals surface area contributed by atoms with E-state index in [1.807, 2.05) is 6.55 Å². The zero-order valence-electron chi connectivity index (χ0n) is 11.9. The fourth-order valence-electron chi connectivity index (χ4n) is 1.25. The Morgan fingerprint density at radius 3 is 2.33 bits per heavy atom. The summed E-state index contributed by atoms with van der Waals surface area (Å²) >= 11 is 0. The smallest absolute Gasteiger partial charge is 0.333 e. The van der Waals surface area contributed by atoms with Gasteiger partial charge in [-0.1, -0.05) is 13.5 Å². The SMILES string of the molecule is C=C(C)C(=O)OCCCCCO[SiH](C)OCCC. The first-order valence-electron chi connectivity index (χ1n) is 6.63. The maximum atomic E-state index is 11.1. The number of esters is 1. The van der Waals surface area contributed by atoms with Crippen molar-refractivity contribution in [2.45, 2.75) is 46.1 Å². The lowest BCUT2D eigenvalue weighted by molar-refractivity contribution is -0.139. The molecule has 0 aromatic rings. The van der Waals surface area contributed by atoms with E-state index in [2.05, 4.69) is 13.5 Å². The van der Waals surface area contributed by atoms with Crippen LogP contribution in [0.4, 0.5) is 0 Å². The molecule has 0 aliphatic heterocycles. The van der Waals surface area contributed by atoms with Crippen molar-refractivity contribution in [2.75, 3.05) is 19.8 Å². The Bertz CT molecular complexity index is 243. The van der Waals surface area contributed by atoms with Crippen molar-refractivity contribution in [2.24, 2.45) is 0 Å². The molecule has 0 heterocycles. The van der Waals surface area contributed by atoms with E-state index in [0.29, 0.717) is 12.2 Å². The molecule has 0 spiro atoms. The first-order chi connectivity index (χ1) is 8.57. The van der Waals surface area contributed by atoms with Crippen LogP contribution in [0.25, 0.3) is 0 Å². The van der Waals surface area contributed by atoms with Crippen LogP contribution in [0.2, 0.25) is 6.55 Å². The Balaban J connectivity index is 3.25. The van der Waals surface area contributed by atoms with Gasteiger partial charge in [-0.2, -0.15) is 0 Å². The Hall–Kier alpha value is -0.653. The van der Waals surface area contributed by atoms with Crippen molar-refractivity contribution in [3.05, 3.63) is 12.2 Å². The van der Waals surface area contributed by atoms with Crippen LogP contribution in [0.1, 0.15) is 39.5 Å². The number of hydrogen-bond acceptors (Lipinski definition) is 4. The van der Waals surface area contributed by atoms with Gasteiger partial charge < -0.3 is 13.6 Å². The van der Waals surface area contributed by atoms with E-state index in [-0.39, 0.29) is 5.97 Å². The lowest BCUT2D eigenvalue weighted by atomic mass is 10.2. The minimum absolute atomic E-state index is 0.305. The molecule has 0 amide bonds. The highest BCUT2D eigenvalue weighted by Crippen LogP contribution is 2.00. The minimum atomic E-state index is -1.41. The molecule has 106 valence electrons. The molecule has 0 aliphatic rings. The van der Waals surface area contributed by atoms with E-state index in [9.17, 15) is 4.79 Å². The van der Waals surface area contributed by atoms with Gasteiger partial charge in [-0.05, 0) is 39.2 Å². The van der Waals surface area contributed by atoms with Gasteiger partial charge in [0.15, 0.2) is 0 Å². The first kappa shape index (κ1) is 17.3. The summed E-state index contributed by atoms with van der Waals surface area (Å²) in [7, 11) is -1.41. The predicted octanol–water partition coefficient (Wildman–Crippen LogP) is 2.57. The van der Waals surface area contributed by atoms with Gasteiger partial charge in [0.25, 0.3) is 0 Å². The van der Waals surface area contributed by atoms with Crippen LogP contribution < -0.4 is 0 Å². The number of ether oxygens (including phenoxy) is 1. The van der Waals surface area contributed by atoms with Crippen molar-refractivity contribution >= 4 is 15.3 Å². The number of carbonyl (C=O) groups is 1. The normalized spacial score (nSPS) is 12.2. The fraction of sp³-hybridized carbons (Fsp3) is 0.769. The Labute approximate surface area is 112 Å². The maximum Gasteiger partial charge on any atom is 0.333 e. The number of rotatable bonds is 11. The largest absolute Gasteiger partial charge is 0.462 e. The van der Waals surface area contributed by atoms with Gasteiger partial charge in [0.2, 0.25) is 0 Å². The third-order valence-electron chi connectivity index (χ3n) is 2.28. The summed E-state index contributed by atoms with van der Waals surface area (Å²) in [6, 6.07) is 0. The highest BCUT2D eigenvalue weighted by Gasteiger charge is 2.04. The molecule has 0 aromatic heterocycles. The van der Waals surface area contributed by atoms with Crippen LogP contribution in [0.5, 0.6) is 0 Å². The van der Waals surface area contributed by atoms with Crippen molar-refractivity contribution < 1.29 is 18.4 Å². The standard InChI is InChI=1S/C13H26O4Si/c1-5-9-16-18(4)17-11-8-6-7-10-15-13(14)12(2)3/h18H,2,5-11H2,1,3-4H3.